The lowest BCUT2D eigenvalue weighted by atomic mass is 10.1. The zero-order chi connectivity index (χ0) is 17.4. The van der Waals surface area contributed by atoms with E-state index in [0.29, 0.717) is 5.56 Å². The molecule has 1 amide bonds. The third-order valence-corrected chi connectivity index (χ3v) is 4.27. The Hall–Kier alpha value is -2.34. The van der Waals surface area contributed by atoms with E-state index in [-0.39, 0.29) is 23.9 Å². The number of nitrogens with one attached hydrogen (secondary N) is 1. The van der Waals surface area contributed by atoms with Crippen LogP contribution >= 0.6 is 11.8 Å². The van der Waals surface area contributed by atoms with Crippen LogP contribution in [-0.2, 0) is 20.7 Å². The van der Waals surface area contributed by atoms with Gasteiger partial charge in [0.05, 0.1) is 12.9 Å². The molecule has 0 aliphatic heterocycles. The molecule has 126 valence electrons. The average Bonchev–Trinajstić information content (AvgIpc) is 2.59. The van der Waals surface area contributed by atoms with E-state index >= 15 is 0 Å². The molecule has 0 heterocycles. The number of thioether (sulfide) groups is 1. The van der Waals surface area contributed by atoms with Crippen molar-refractivity contribution in [2.24, 2.45) is 0 Å². The van der Waals surface area contributed by atoms with E-state index in [1.165, 1.54) is 31.0 Å². The highest BCUT2D eigenvalue weighted by Crippen LogP contribution is 2.16. The number of methoxy groups -OCH3 is 1. The lowest BCUT2D eigenvalue weighted by molar-refractivity contribution is -0.144. The second-order valence-electron chi connectivity index (χ2n) is 5.08. The molecule has 0 bridgehead atoms. The average molecular weight is 347 g/mol. The van der Waals surface area contributed by atoms with Crippen molar-refractivity contribution in [1.29, 1.82) is 0 Å². The molecule has 4 nitrogen and oxygen atoms in total. The molecule has 0 aromatic heterocycles. The first-order chi connectivity index (χ1) is 11.6. The highest BCUT2D eigenvalue weighted by molar-refractivity contribution is 8.00. The summed E-state index contributed by atoms with van der Waals surface area (Å²) in [5.74, 6) is -1.05. The summed E-state index contributed by atoms with van der Waals surface area (Å²) in [6, 6.07) is 14.6. The summed E-state index contributed by atoms with van der Waals surface area (Å²) >= 11 is 1.37. The minimum Gasteiger partial charge on any atom is -0.467 e. The molecule has 2 rings (SSSR count). The Bertz CT molecular complexity index is 694. The molecule has 0 aliphatic rings. The Morgan fingerprint density at radius 2 is 1.92 bits per heavy atom. The Morgan fingerprint density at radius 3 is 2.58 bits per heavy atom. The van der Waals surface area contributed by atoms with E-state index in [0.717, 1.165) is 4.90 Å². The van der Waals surface area contributed by atoms with Gasteiger partial charge in [-0.15, -0.1) is 11.8 Å². The fourth-order valence-corrected chi connectivity index (χ4v) is 2.87. The Kier molecular flexibility index (Phi) is 6.81. The van der Waals surface area contributed by atoms with Crippen LogP contribution in [0.3, 0.4) is 0 Å². The van der Waals surface area contributed by atoms with Crippen molar-refractivity contribution in [3.05, 3.63) is 66.0 Å². The molecule has 0 aliphatic carbocycles. The third kappa shape index (κ3) is 5.70. The number of ether oxygens (including phenoxy) is 1. The predicted octanol–water partition coefficient (Wildman–Crippen LogP) is 2.82. The zero-order valence-corrected chi connectivity index (χ0v) is 14.0. The zero-order valence-electron chi connectivity index (χ0n) is 13.2. The maximum absolute atomic E-state index is 13.3. The van der Waals surface area contributed by atoms with Crippen LogP contribution in [0.25, 0.3) is 0 Å². The lowest BCUT2D eigenvalue weighted by Crippen LogP contribution is -2.43. The van der Waals surface area contributed by atoms with Gasteiger partial charge in [-0.25, -0.2) is 9.18 Å². The summed E-state index contributed by atoms with van der Waals surface area (Å²) in [4.78, 5) is 24.9. The fourth-order valence-electron chi connectivity index (χ4n) is 2.14. The number of carbonyl (C=O) groups is 2. The number of hydrogen-bond donors (Lipinski definition) is 1. The van der Waals surface area contributed by atoms with E-state index in [1.54, 1.807) is 12.1 Å². The highest BCUT2D eigenvalue weighted by Gasteiger charge is 2.22. The molecule has 6 heteroatoms. The summed E-state index contributed by atoms with van der Waals surface area (Å²) in [6.07, 6.45) is 0.173. The molecule has 0 spiro atoms. The number of amides is 1. The van der Waals surface area contributed by atoms with E-state index in [2.05, 4.69) is 5.32 Å². The minimum absolute atomic E-state index is 0.173. The summed E-state index contributed by atoms with van der Waals surface area (Å²) in [5, 5.41) is 2.65. The molecule has 0 fully saturated rings. The topological polar surface area (TPSA) is 55.4 Å². The van der Waals surface area contributed by atoms with Crippen LogP contribution in [-0.4, -0.2) is 30.8 Å². The second kappa shape index (κ2) is 9.08. The third-order valence-electron chi connectivity index (χ3n) is 3.26. The van der Waals surface area contributed by atoms with Gasteiger partial charge in [0.25, 0.3) is 0 Å². The summed E-state index contributed by atoms with van der Waals surface area (Å²) < 4.78 is 18.0. The van der Waals surface area contributed by atoms with Crippen LogP contribution < -0.4 is 5.32 Å². The first-order valence-electron chi connectivity index (χ1n) is 7.38. The van der Waals surface area contributed by atoms with Crippen molar-refractivity contribution in [3.8, 4) is 0 Å². The van der Waals surface area contributed by atoms with Crippen molar-refractivity contribution in [3.63, 3.8) is 0 Å². The summed E-state index contributed by atoms with van der Waals surface area (Å²) in [6.45, 7) is 0. The van der Waals surface area contributed by atoms with E-state index < -0.39 is 12.0 Å². The van der Waals surface area contributed by atoms with Gasteiger partial charge in [-0.3, -0.25) is 4.79 Å². The molecule has 1 N–H and O–H groups in total. The van der Waals surface area contributed by atoms with Crippen LogP contribution in [0.1, 0.15) is 5.56 Å². The second-order valence-corrected chi connectivity index (χ2v) is 6.13. The number of rotatable bonds is 7. The van der Waals surface area contributed by atoms with Crippen LogP contribution in [0.15, 0.2) is 59.5 Å². The molecule has 1 atom stereocenters. The number of hydrogen-bond acceptors (Lipinski definition) is 4. The van der Waals surface area contributed by atoms with Gasteiger partial charge in [0, 0.05) is 11.3 Å². The number of benzene rings is 2. The standard InChI is InChI=1S/C18H18FNO3S/c1-23-18(22)16(11-13-6-5-7-14(19)10-13)20-17(21)12-24-15-8-3-2-4-9-15/h2-10,16H,11-12H2,1H3,(H,20,21). The Labute approximate surface area is 144 Å². The number of esters is 1. The summed E-state index contributed by atoms with van der Waals surface area (Å²) in [5.41, 5.74) is 0.612. The van der Waals surface area contributed by atoms with Gasteiger partial charge in [0.2, 0.25) is 5.91 Å². The van der Waals surface area contributed by atoms with Gasteiger partial charge in [0.15, 0.2) is 0 Å². The molecule has 2 aromatic carbocycles. The monoisotopic (exact) mass is 347 g/mol. The molecule has 0 saturated heterocycles. The normalized spacial score (nSPS) is 11.6. The van der Waals surface area contributed by atoms with Crippen molar-refractivity contribution in [1.82, 2.24) is 5.32 Å². The smallest absolute Gasteiger partial charge is 0.328 e. The fraction of sp³-hybridized carbons (Fsp3) is 0.222. The maximum Gasteiger partial charge on any atom is 0.328 e. The van der Waals surface area contributed by atoms with Crippen molar-refractivity contribution in [2.45, 2.75) is 17.4 Å². The van der Waals surface area contributed by atoms with Crippen molar-refractivity contribution >= 4 is 23.6 Å². The number of carbonyl (C=O) groups excluding carboxylic acids is 2. The van der Waals surface area contributed by atoms with Crippen molar-refractivity contribution in [2.75, 3.05) is 12.9 Å². The van der Waals surface area contributed by atoms with Crippen molar-refractivity contribution < 1.29 is 18.7 Å². The van der Waals surface area contributed by atoms with E-state index in [9.17, 15) is 14.0 Å². The minimum atomic E-state index is -0.847. The molecule has 1 unspecified atom stereocenters. The van der Waals surface area contributed by atoms with E-state index in [1.807, 2.05) is 30.3 Å². The largest absolute Gasteiger partial charge is 0.467 e. The van der Waals surface area contributed by atoms with Gasteiger partial charge in [0.1, 0.15) is 11.9 Å². The van der Waals surface area contributed by atoms with Gasteiger partial charge >= 0.3 is 5.97 Å². The SMILES string of the molecule is COC(=O)C(Cc1cccc(F)c1)NC(=O)CSc1ccccc1. The van der Waals surface area contributed by atoms with Crippen LogP contribution in [0.2, 0.25) is 0 Å². The van der Waals surface area contributed by atoms with Crippen LogP contribution in [0.4, 0.5) is 4.39 Å². The molecule has 0 radical (unpaired) electrons. The lowest BCUT2D eigenvalue weighted by Gasteiger charge is -2.16. The molecular weight excluding hydrogens is 329 g/mol. The van der Waals surface area contributed by atoms with Gasteiger partial charge in [-0.1, -0.05) is 30.3 Å². The molecule has 2 aromatic rings. The number of halogens is 1. The first kappa shape index (κ1) is 18.0. The van der Waals surface area contributed by atoms with Gasteiger partial charge in [-0.2, -0.15) is 0 Å². The van der Waals surface area contributed by atoms with Gasteiger partial charge < -0.3 is 10.1 Å². The predicted molar refractivity (Wildman–Crippen MR) is 91.2 cm³/mol. The molecular formula is C18H18FNO3S. The summed E-state index contributed by atoms with van der Waals surface area (Å²) in [7, 11) is 1.26. The van der Waals surface area contributed by atoms with E-state index in [4.69, 9.17) is 4.74 Å². The van der Waals surface area contributed by atoms with Gasteiger partial charge in [-0.05, 0) is 29.8 Å². The van der Waals surface area contributed by atoms with Crippen LogP contribution in [0, 0.1) is 5.82 Å². The first-order valence-corrected chi connectivity index (χ1v) is 8.36. The Balaban J connectivity index is 1.95. The molecule has 0 saturated carbocycles. The molecule has 24 heavy (non-hydrogen) atoms. The Morgan fingerprint density at radius 1 is 1.17 bits per heavy atom. The maximum atomic E-state index is 13.3. The highest BCUT2D eigenvalue weighted by atomic mass is 32.2. The quantitative estimate of drug-likeness (QED) is 0.618. The van der Waals surface area contributed by atoms with Crippen LogP contribution in [0.5, 0.6) is 0 Å².